The smallest absolute Gasteiger partial charge is 0.383 e. The zero-order valence-electron chi connectivity index (χ0n) is 11.0. The summed E-state index contributed by atoms with van der Waals surface area (Å²) < 4.78 is 11.7. The number of rotatable bonds is 2. The average Bonchev–Trinajstić information content (AvgIpc) is 2.73. The predicted octanol–water partition coefficient (Wildman–Crippen LogP) is -1.47. The summed E-state index contributed by atoms with van der Waals surface area (Å²) in [7, 11) is -4.58. The zero-order valence-corrected chi connectivity index (χ0v) is 12.7. The molecular formula is C10H14N3O6PS. The molecule has 11 heteroatoms. The summed E-state index contributed by atoms with van der Waals surface area (Å²) >= 11 is 4.69. The summed E-state index contributed by atoms with van der Waals surface area (Å²) in [5.74, 6) is 0. The molecule has 0 bridgehead atoms. The number of β-amino-alcohol motifs (C(OH)–C–C–N with tert-alkyl or cyclic N) is 1. The Morgan fingerprint density at radius 3 is 2.62 bits per heavy atom. The third-order valence-corrected chi connectivity index (χ3v) is 5.03. The lowest BCUT2D eigenvalue weighted by Gasteiger charge is -2.19. The molecule has 1 aliphatic rings. The molecule has 0 unspecified atom stereocenters. The van der Waals surface area contributed by atoms with Gasteiger partial charge >= 0.3 is 13.3 Å². The van der Waals surface area contributed by atoms with Crippen molar-refractivity contribution in [1.29, 1.82) is 0 Å². The zero-order chi connectivity index (χ0) is 15.9. The van der Waals surface area contributed by atoms with E-state index in [0.717, 1.165) is 4.57 Å². The highest BCUT2D eigenvalue weighted by molar-refractivity contribution is 7.97. The summed E-state index contributed by atoms with van der Waals surface area (Å²) in [6, 6.07) is -0.752. The van der Waals surface area contributed by atoms with E-state index in [-0.39, 0.29) is 18.7 Å². The minimum atomic E-state index is -4.58. The second-order valence-corrected chi connectivity index (χ2v) is 7.05. The van der Waals surface area contributed by atoms with Crippen molar-refractivity contribution in [3.8, 4) is 0 Å². The second-order valence-electron chi connectivity index (χ2n) is 4.84. The Hall–Kier alpha value is -1.32. The van der Waals surface area contributed by atoms with Crippen LogP contribution in [0.5, 0.6) is 0 Å². The highest BCUT2D eigenvalue weighted by Gasteiger charge is 2.39. The Labute approximate surface area is 124 Å². The quantitative estimate of drug-likeness (QED) is 0.380. The van der Waals surface area contributed by atoms with E-state index in [1.54, 1.807) is 0 Å². The van der Waals surface area contributed by atoms with E-state index >= 15 is 0 Å². The molecule has 0 aromatic carbocycles. The van der Waals surface area contributed by atoms with Gasteiger partial charge in [-0.05, 0) is 6.92 Å². The largest absolute Gasteiger partial charge is 0.389 e. The van der Waals surface area contributed by atoms with Gasteiger partial charge < -0.3 is 19.8 Å². The van der Waals surface area contributed by atoms with Crippen LogP contribution in [0.25, 0.3) is 0 Å². The number of aromatic nitrogens is 2. The van der Waals surface area contributed by atoms with Gasteiger partial charge in [0.05, 0.1) is 12.1 Å². The monoisotopic (exact) mass is 335 g/mol. The number of aliphatic hydroxyl groups excluding tert-OH is 1. The van der Waals surface area contributed by atoms with Crippen LogP contribution in [0.2, 0.25) is 0 Å². The molecule has 0 spiro atoms. The Morgan fingerprint density at radius 1 is 1.43 bits per heavy atom. The lowest BCUT2D eigenvalue weighted by Crippen LogP contribution is -2.37. The Bertz CT molecular complexity index is 737. The lowest BCUT2D eigenvalue weighted by atomic mass is 10.2. The van der Waals surface area contributed by atoms with Gasteiger partial charge in [0.25, 0.3) is 5.56 Å². The molecule has 1 aliphatic heterocycles. The fraction of sp³-hybridized carbons (Fsp3) is 0.500. The number of aromatic amines is 1. The van der Waals surface area contributed by atoms with Gasteiger partial charge in [-0.25, -0.2) is 4.79 Å². The van der Waals surface area contributed by atoms with Crippen LogP contribution in [0.1, 0.15) is 11.6 Å². The molecule has 1 aromatic rings. The van der Waals surface area contributed by atoms with Crippen molar-refractivity contribution in [2.75, 3.05) is 13.1 Å². The molecule has 21 heavy (non-hydrogen) atoms. The Morgan fingerprint density at radius 2 is 2.05 bits per heavy atom. The fourth-order valence-electron chi connectivity index (χ4n) is 2.22. The van der Waals surface area contributed by atoms with E-state index in [0.29, 0.717) is 0 Å². The lowest BCUT2D eigenvalue weighted by molar-refractivity contribution is 0.146. The number of aliphatic hydroxyl groups is 1. The normalized spacial score (nSPS) is 22.6. The van der Waals surface area contributed by atoms with Crippen LogP contribution in [0.3, 0.4) is 0 Å². The molecule has 2 rings (SSSR count). The van der Waals surface area contributed by atoms with Crippen LogP contribution in [-0.4, -0.2) is 53.3 Å². The van der Waals surface area contributed by atoms with Crippen LogP contribution >= 0.6 is 19.8 Å². The molecule has 0 saturated carbocycles. The average molecular weight is 335 g/mol. The van der Waals surface area contributed by atoms with Crippen LogP contribution in [0.15, 0.2) is 15.8 Å². The number of hydrogen-bond donors (Lipinski definition) is 4. The summed E-state index contributed by atoms with van der Waals surface area (Å²) in [4.78, 5) is 44.5. The number of H-pyrrole nitrogens is 1. The van der Waals surface area contributed by atoms with Crippen molar-refractivity contribution >= 4 is 24.5 Å². The number of thiocarbonyl (C=S) groups is 1. The van der Waals surface area contributed by atoms with Crippen LogP contribution < -0.4 is 11.2 Å². The van der Waals surface area contributed by atoms with Gasteiger partial charge in [0.15, 0.2) is 4.73 Å². The molecule has 4 N–H and O–H groups in total. The summed E-state index contributed by atoms with van der Waals surface area (Å²) in [5, 5.41) is 10.0. The molecule has 2 heterocycles. The number of aryl methyl sites for hydroxylation is 1. The van der Waals surface area contributed by atoms with Gasteiger partial charge in [0.2, 0.25) is 0 Å². The molecule has 1 aromatic heterocycles. The van der Waals surface area contributed by atoms with Gasteiger partial charge in [-0.1, -0.05) is 12.2 Å². The first-order chi connectivity index (χ1) is 9.61. The van der Waals surface area contributed by atoms with E-state index in [2.05, 4.69) is 4.98 Å². The number of nitrogens with one attached hydrogen (secondary N) is 1. The standard InChI is InChI=1S/C10H14N3O6PS/c1-5-2-13(9(16)11-8(5)15)6-3-12(4-7(6)14)10(21)20(17,18)19/h2,6-7,14H,3-4H2,1H3,(H,11,15,16)(H2,17,18,19)/t6-,7+/m1/s1. The molecule has 9 nitrogen and oxygen atoms in total. The van der Waals surface area contributed by atoms with Crippen LogP contribution in [-0.2, 0) is 4.57 Å². The maximum atomic E-state index is 11.8. The minimum absolute atomic E-state index is 0.0312. The molecular weight excluding hydrogens is 321 g/mol. The molecule has 116 valence electrons. The highest BCUT2D eigenvalue weighted by atomic mass is 32.1. The summed E-state index contributed by atoms with van der Waals surface area (Å²) in [6.45, 7) is 1.38. The molecule has 0 radical (unpaired) electrons. The number of nitrogens with zero attached hydrogens (tertiary/aromatic N) is 2. The van der Waals surface area contributed by atoms with E-state index in [1.165, 1.54) is 18.0 Å². The van der Waals surface area contributed by atoms with E-state index in [9.17, 15) is 19.3 Å². The van der Waals surface area contributed by atoms with Crippen molar-refractivity contribution in [3.63, 3.8) is 0 Å². The van der Waals surface area contributed by atoms with Crippen LogP contribution in [0, 0.1) is 6.92 Å². The molecule has 1 fully saturated rings. The van der Waals surface area contributed by atoms with E-state index < -0.39 is 35.7 Å². The maximum Gasteiger partial charge on any atom is 0.383 e. The molecule has 2 atom stereocenters. The Kier molecular flexibility index (Phi) is 4.18. The molecule has 1 saturated heterocycles. The van der Waals surface area contributed by atoms with Crippen LogP contribution in [0.4, 0.5) is 0 Å². The summed E-state index contributed by atoms with van der Waals surface area (Å²) in [6.07, 6.45) is 0.261. The third-order valence-electron chi connectivity index (χ3n) is 3.28. The van der Waals surface area contributed by atoms with Gasteiger partial charge in [-0.3, -0.25) is 18.9 Å². The minimum Gasteiger partial charge on any atom is -0.389 e. The first-order valence-electron chi connectivity index (χ1n) is 5.96. The van der Waals surface area contributed by atoms with E-state index in [1.807, 2.05) is 0 Å². The van der Waals surface area contributed by atoms with Crippen molar-refractivity contribution in [2.24, 2.45) is 0 Å². The SMILES string of the molecule is Cc1cn([C@@H]2CN(C(=S)P(=O)(O)O)C[C@@H]2O)c(=O)[nH]c1=O. The number of hydrogen-bond acceptors (Lipinski definition) is 5. The van der Waals surface area contributed by atoms with E-state index in [4.69, 9.17) is 22.0 Å². The van der Waals surface area contributed by atoms with Crippen molar-refractivity contribution in [2.45, 2.75) is 19.1 Å². The molecule has 0 aliphatic carbocycles. The first-order valence-corrected chi connectivity index (χ1v) is 7.98. The van der Waals surface area contributed by atoms with Crippen molar-refractivity contribution in [1.82, 2.24) is 14.5 Å². The summed E-state index contributed by atoms with van der Waals surface area (Å²) in [5.41, 5.74) is -0.928. The fourth-order valence-corrected chi connectivity index (χ4v) is 2.90. The Balaban J connectivity index is 2.33. The van der Waals surface area contributed by atoms with Crippen molar-refractivity contribution in [3.05, 3.63) is 32.6 Å². The topological polar surface area (TPSA) is 136 Å². The highest BCUT2D eigenvalue weighted by Crippen LogP contribution is 2.40. The van der Waals surface area contributed by atoms with Gasteiger partial charge in [-0.15, -0.1) is 0 Å². The van der Waals surface area contributed by atoms with Gasteiger partial charge in [0.1, 0.15) is 0 Å². The van der Waals surface area contributed by atoms with Gasteiger partial charge in [-0.2, -0.15) is 0 Å². The third kappa shape index (κ3) is 3.14. The predicted molar refractivity (Wildman–Crippen MR) is 77.3 cm³/mol. The number of likely N-dealkylation sites (tertiary alicyclic amines) is 1. The maximum absolute atomic E-state index is 11.8. The van der Waals surface area contributed by atoms with Crippen molar-refractivity contribution < 1.29 is 19.5 Å². The van der Waals surface area contributed by atoms with Gasteiger partial charge in [0, 0.05) is 24.8 Å². The first kappa shape index (κ1) is 16.1. The molecule has 0 amide bonds. The second kappa shape index (κ2) is 5.47.